The van der Waals surface area contributed by atoms with Crippen molar-refractivity contribution in [3.05, 3.63) is 35.9 Å². The van der Waals surface area contributed by atoms with Gasteiger partial charge in [0.05, 0.1) is 0 Å². The lowest BCUT2D eigenvalue weighted by Crippen LogP contribution is -2.10. The molecule has 2 nitrogen and oxygen atoms in total. The number of hydrogen-bond acceptors (Lipinski definition) is 2. The SMILES string of the molecule is COCC(C)CC(=O)CCCc1ccccc1. The predicted molar refractivity (Wildman–Crippen MR) is 70.0 cm³/mol. The van der Waals surface area contributed by atoms with Gasteiger partial charge in [-0.15, -0.1) is 0 Å². The second kappa shape index (κ2) is 8.02. The highest BCUT2D eigenvalue weighted by molar-refractivity contribution is 5.78. The number of ketones is 1. The number of benzene rings is 1. The van der Waals surface area contributed by atoms with Crippen LogP contribution in [0, 0.1) is 5.92 Å². The topological polar surface area (TPSA) is 26.3 Å². The average molecular weight is 234 g/mol. The fraction of sp³-hybridized carbons (Fsp3) is 0.533. The molecule has 0 aliphatic carbocycles. The molecule has 0 aromatic heterocycles. The Labute approximate surface area is 104 Å². The van der Waals surface area contributed by atoms with E-state index in [1.54, 1.807) is 7.11 Å². The maximum absolute atomic E-state index is 11.7. The van der Waals surface area contributed by atoms with Crippen molar-refractivity contribution in [2.45, 2.75) is 32.6 Å². The zero-order valence-electron chi connectivity index (χ0n) is 10.8. The summed E-state index contributed by atoms with van der Waals surface area (Å²) in [5, 5.41) is 0. The summed E-state index contributed by atoms with van der Waals surface area (Å²) in [4.78, 5) is 11.7. The van der Waals surface area contributed by atoms with E-state index in [1.165, 1.54) is 5.56 Å². The first-order chi connectivity index (χ1) is 8.22. The summed E-state index contributed by atoms with van der Waals surface area (Å²) >= 11 is 0. The van der Waals surface area contributed by atoms with Crippen LogP contribution in [0.3, 0.4) is 0 Å². The van der Waals surface area contributed by atoms with Crippen LogP contribution < -0.4 is 0 Å². The van der Waals surface area contributed by atoms with Crippen molar-refractivity contribution in [1.82, 2.24) is 0 Å². The average Bonchev–Trinajstić information content (AvgIpc) is 2.30. The number of ether oxygens (including phenoxy) is 1. The van der Waals surface area contributed by atoms with Crippen molar-refractivity contribution in [2.75, 3.05) is 13.7 Å². The molecule has 0 fully saturated rings. The Kier molecular flexibility index (Phi) is 6.56. The van der Waals surface area contributed by atoms with Gasteiger partial charge in [-0.05, 0) is 24.3 Å². The summed E-state index contributed by atoms with van der Waals surface area (Å²) in [5.74, 6) is 0.690. The minimum Gasteiger partial charge on any atom is -0.384 e. The molecule has 1 rings (SSSR count). The van der Waals surface area contributed by atoms with E-state index in [0.717, 1.165) is 12.8 Å². The Morgan fingerprint density at radius 1 is 1.29 bits per heavy atom. The molecule has 1 aromatic carbocycles. The highest BCUT2D eigenvalue weighted by Gasteiger charge is 2.08. The first kappa shape index (κ1) is 13.9. The van der Waals surface area contributed by atoms with Gasteiger partial charge in [0.1, 0.15) is 5.78 Å². The molecule has 0 amide bonds. The minimum absolute atomic E-state index is 0.337. The summed E-state index contributed by atoms with van der Waals surface area (Å²) in [6.07, 6.45) is 3.26. The van der Waals surface area contributed by atoms with E-state index in [1.807, 2.05) is 18.2 Å². The van der Waals surface area contributed by atoms with Crippen LogP contribution in [0.4, 0.5) is 0 Å². The summed E-state index contributed by atoms with van der Waals surface area (Å²) < 4.78 is 5.03. The van der Waals surface area contributed by atoms with Crippen molar-refractivity contribution in [1.29, 1.82) is 0 Å². The van der Waals surface area contributed by atoms with Gasteiger partial charge in [-0.2, -0.15) is 0 Å². The van der Waals surface area contributed by atoms with Gasteiger partial charge in [0.2, 0.25) is 0 Å². The van der Waals surface area contributed by atoms with Crippen LogP contribution in [-0.2, 0) is 16.0 Å². The molecule has 0 spiro atoms. The zero-order chi connectivity index (χ0) is 12.5. The Morgan fingerprint density at radius 2 is 2.00 bits per heavy atom. The Morgan fingerprint density at radius 3 is 2.65 bits per heavy atom. The molecule has 0 N–H and O–H groups in total. The maximum atomic E-state index is 11.7. The molecule has 1 atom stereocenters. The van der Waals surface area contributed by atoms with Gasteiger partial charge in [0.25, 0.3) is 0 Å². The number of carbonyl (C=O) groups excluding carboxylic acids is 1. The van der Waals surface area contributed by atoms with Gasteiger partial charge in [-0.3, -0.25) is 4.79 Å². The van der Waals surface area contributed by atoms with Crippen LogP contribution in [0.15, 0.2) is 30.3 Å². The second-order valence-electron chi connectivity index (χ2n) is 4.64. The van der Waals surface area contributed by atoms with E-state index in [4.69, 9.17) is 4.74 Å². The molecule has 0 radical (unpaired) electrons. The summed E-state index contributed by atoms with van der Waals surface area (Å²) in [6, 6.07) is 10.3. The van der Waals surface area contributed by atoms with Crippen molar-refractivity contribution >= 4 is 5.78 Å². The van der Waals surface area contributed by atoms with Gasteiger partial charge in [0, 0.05) is 26.6 Å². The first-order valence-corrected chi connectivity index (χ1v) is 6.27. The zero-order valence-corrected chi connectivity index (χ0v) is 10.8. The van der Waals surface area contributed by atoms with E-state index < -0.39 is 0 Å². The van der Waals surface area contributed by atoms with E-state index in [9.17, 15) is 4.79 Å². The monoisotopic (exact) mass is 234 g/mol. The smallest absolute Gasteiger partial charge is 0.133 e. The van der Waals surface area contributed by atoms with Crippen LogP contribution in [-0.4, -0.2) is 19.5 Å². The van der Waals surface area contributed by atoms with Gasteiger partial charge in [-0.25, -0.2) is 0 Å². The lowest BCUT2D eigenvalue weighted by molar-refractivity contribution is -0.120. The number of rotatable bonds is 8. The van der Waals surface area contributed by atoms with E-state index in [2.05, 4.69) is 19.1 Å². The minimum atomic E-state index is 0.337. The molecule has 94 valence electrons. The van der Waals surface area contributed by atoms with Gasteiger partial charge in [0.15, 0.2) is 0 Å². The quantitative estimate of drug-likeness (QED) is 0.690. The Bertz CT molecular complexity index is 319. The normalized spacial score (nSPS) is 12.4. The van der Waals surface area contributed by atoms with Crippen molar-refractivity contribution in [2.24, 2.45) is 5.92 Å². The Hall–Kier alpha value is -1.15. The standard InChI is InChI=1S/C15H22O2/c1-13(12-17-2)11-15(16)10-6-9-14-7-4-3-5-8-14/h3-5,7-8,13H,6,9-12H2,1-2H3. The van der Waals surface area contributed by atoms with Crippen LogP contribution in [0.5, 0.6) is 0 Å². The highest BCUT2D eigenvalue weighted by Crippen LogP contribution is 2.09. The lowest BCUT2D eigenvalue weighted by atomic mass is 10.0. The highest BCUT2D eigenvalue weighted by atomic mass is 16.5. The van der Waals surface area contributed by atoms with Crippen LogP contribution >= 0.6 is 0 Å². The molecule has 1 aromatic rings. The van der Waals surface area contributed by atoms with E-state index >= 15 is 0 Å². The van der Waals surface area contributed by atoms with Crippen LogP contribution in [0.1, 0.15) is 31.7 Å². The lowest BCUT2D eigenvalue weighted by Gasteiger charge is -2.08. The van der Waals surface area contributed by atoms with E-state index in [-0.39, 0.29) is 0 Å². The fourth-order valence-electron chi connectivity index (χ4n) is 1.97. The molecular formula is C15H22O2. The van der Waals surface area contributed by atoms with Crippen molar-refractivity contribution < 1.29 is 9.53 Å². The molecule has 0 aliphatic rings. The molecule has 0 heterocycles. The Balaban J connectivity index is 2.16. The summed E-state index contributed by atoms with van der Waals surface area (Å²) in [6.45, 7) is 2.73. The molecular weight excluding hydrogens is 212 g/mol. The number of Topliss-reactive ketones (excluding diaryl/α,β-unsaturated/α-hetero) is 1. The second-order valence-corrected chi connectivity index (χ2v) is 4.64. The first-order valence-electron chi connectivity index (χ1n) is 6.27. The van der Waals surface area contributed by atoms with Gasteiger partial charge >= 0.3 is 0 Å². The van der Waals surface area contributed by atoms with Crippen LogP contribution in [0.25, 0.3) is 0 Å². The number of aryl methyl sites for hydroxylation is 1. The molecule has 2 heteroatoms. The molecule has 0 saturated carbocycles. The third-order valence-corrected chi connectivity index (χ3v) is 2.79. The third-order valence-electron chi connectivity index (χ3n) is 2.79. The summed E-state index contributed by atoms with van der Waals surface area (Å²) in [7, 11) is 1.68. The number of carbonyl (C=O) groups is 1. The molecule has 17 heavy (non-hydrogen) atoms. The molecule has 1 unspecified atom stereocenters. The van der Waals surface area contributed by atoms with E-state index in [0.29, 0.717) is 31.1 Å². The molecule has 0 saturated heterocycles. The molecule has 0 aliphatic heterocycles. The predicted octanol–water partition coefficient (Wildman–Crippen LogP) is 3.25. The number of hydrogen-bond donors (Lipinski definition) is 0. The molecule has 0 bridgehead atoms. The fourth-order valence-corrected chi connectivity index (χ4v) is 1.97. The number of methoxy groups -OCH3 is 1. The van der Waals surface area contributed by atoms with Gasteiger partial charge in [-0.1, -0.05) is 37.3 Å². The van der Waals surface area contributed by atoms with Crippen molar-refractivity contribution in [3.63, 3.8) is 0 Å². The summed E-state index contributed by atoms with van der Waals surface area (Å²) in [5.41, 5.74) is 1.31. The van der Waals surface area contributed by atoms with Gasteiger partial charge < -0.3 is 4.74 Å². The van der Waals surface area contributed by atoms with Crippen LogP contribution in [0.2, 0.25) is 0 Å². The maximum Gasteiger partial charge on any atom is 0.133 e. The van der Waals surface area contributed by atoms with Crippen molar-refractivity contribution in [3.8, 4) is 0 Å². The third kappa shape index (κ3) is 6.22. The largest absolute Gasteiger partial charge is 0.384 e.